The third-order valence-corrected chi connectivity index (χ3v) is 7.60. The molecule has 1 N–H and O–H groups in total. The number of aromatic nitrogens is 1. The van der Waals surface area contributed by atoms with Gasteiger partial charge in [-0.15, -0.1) is 0 Å². The molecule has 1 nitrogen and oxygen atoms in total. The van der Waals surface area contributed by atoms with Gasteiger partial charge in [0.05, 0.1) is 0 Å². The van der Waals surface area contributed by atoms with Gasteiger partial charge < -0.3 is 24.8 Å². The first-order chi connectivity index (χ1) is 8.00. The minimum atomic E-state index is -0.316. The monoisotopic (exact) mass is 347 g/mol. The van der Waals surface area contributed by atoms with E-state index in [0.717, 1.165) is 0 Å². The van der Waals surface area contributed by atoms with Crippen LogP contribution in [-0.4, -0.2) is 18.6 Å². The molecule has 19 heavy (non-hydrogen) atoms. The van der Waals surface area contributed by atoms with E-state index >= 15 is 0 Å². The molecule has 1 aromatic rings. The Bertz CT molecular complexity index is 552. The van der Waals surface area contributed by atoms with Crippen molar-refractivity contribution in [3.8, 4) is 0 Å². The Labute approximate surface area is 138 Å². The van der Waals surface area contributed by atoms with Crippen LogP contribution in [0.3, 0.4) is 0 Å². The number of hydrogen-bond donors (Lipinski definition) is 1. The molecule has 1 aliphatic carbocycles. The number of aromatic amines is 1. The summed E-state index contributed by atoms with van der Waals surface area (Å²) in [6.07, 6.45) is 6.88. The van der Waals surface area contributed by atoms with Crippen molar-refractivity contribution in [2.75, 3.05) is 0 Å². The molecule has 0 fully saturated rings. The van der Waals surface area contributed by atoms with Crippen LogP contribution in [0.4, 0.5) is 0 Å². The summed E-state index contributed by atoms with van der Waals surface area (Å²) in [6, 6.07) is 0. The van der Waals surface area contributed by atoms with Gasteiger partial charge in [-0.2, -0.15) is 0 Å². The molecule has 1 aromatic heterocycles. The van der Waals surface area contributed by atoms with E-state index in [-0.39, 0.29) is 52.4 Å². The Hall–Kier alpha value is 0.141. The second-order valence-electron chi connectivity index (χ2n) is 4.85. The normalized spacial score (nSPS) is 12.5. The maximum absolute atomic E-state index is 3.58. The van der Waals surface area contributed by atoms with Crippen LogP contribution < -0.4 is 28.8 Å². The summed E-state index contributed by atoms with van der Waals surface area (Å²) in [5, 5.41) is 1.64. The van der Waals surface area contributed by atoms with Crippen molar-refractivity contribution >= 4 is 17.6 Å². The molecule has 2 rings (SSSR count). The number of allylic oxidation sites excluding steroid dienone is 4. The fourth-order valence-corrected chi connectivity index (χ4v) is 6.57. The van der Waals surface area contributed by atoms with Crippen molar-refractivity contribution < 1.29 is 44.0 Å². The first-order valence-corrected chi connectivity index (χ1v) is 10.1. The number of halogens is 2. The van der Waals surface area contributed by atoms with E-state index in [1.165, 1.54) is 20.8 Å². The molecule has 0 amide bonds. The summed E-state index contributed by atoms with van der Waals surface area (Å²) < 4.78 is 3.14. The summed E-state index contributed by atoms with van der Waals surface area (Å²) in [4.78, 5) is 3.58. The molecule has 0 bridgehead atoms. The van der Waals surface area contributed by atoms with Gasteiger partial charge in [0, 0.05) is 0 Å². The smallest absolute Gasteiger partial charge is 1.00 e. The fraction of sp³-hybridized carbons (Fsp3) is 0.357. The Morgan fingerprint density at radius 2 is 1.68 bits per heavy atom. The minimum Gasteiger partial charge on any atom is -1.00 e. The Morgan fingerprint density at radius 3 is 2.16 bits per heavy atom. The summed E-state index contributed by atoms with van der Waals surface area (Å²) in [7, 11) is -0.316. The molecule has 5 heteroatoms. The van der Waals surface area contributed by atoms with Crippen molar-refractivity contribution in [3.05, 3.63) is 38.9 Å². The summed E-state index contributed by atoms with van der Waals surface area (Å²) >= 11 is -0.185. The maximum atomic E-state index is 3.58. The fourth-order valence-electron chi connectivity index (χ4n) is 2.07. The van der Waals surface area contributed by atoms with E-state index in [2.05, 4.69) is 57.1 Å². The molecule has 0 aliphatic heterocycles. The first-order valence-electron chi connectivity index (χ1n) is 5.99. The molecule has 102 valence electrons. The molecule has 1 aliphatic rings. The quantitative estimate of drug-likeness (QED) is 0.537. The average Bonchev–Trinajstić information content (AvgIpc) is 2.81. The molecule has 1 heterocycles. The molecule has 0 aromatic carbocycles. The van der Waals surface area contributed by atoms with Gasteiger partial charge >= 0.3 is 115 Å². The van der Waals surface area contributed by atoms with Gasteiger partial charge in [0.1, 0.15) is 0 Å². The van der Waals surface area contributed by atoms with Crippen molar-refractivity contribution in [1.29, 1.82) is 0 Å². The summed E-state index contributed by atoms with van der Waals surface area (Å²) in [5.41, 5.74) is 4.26. The predicted octanol–water partition coefficient (Wildman–Crippen LogP) is -3.38. The molecular formula is C14H19Cl2NSiTi. The van der Waals surface area contributed by atoms with E-state index in [0.29, 0.717) is 0 Å². The van der Waals surface area contributed by atoms with Crippen molar-refractivity contribution in [2.45, 2.75) is 33.9 Å². The zero-order chi connectivity index (χ0) is 12.6. The largest absolute Gasteiger partial charge is 1.00 e. The number of H-pyrrole nitrogens is 1. The molecule has 0 unspecified atom stereocenters. The summed E-state index contributed by atoms with van der Waals surface area (Å²) in [6.45, 7) is 11.4. The van der Waals surface area contributed by atoms with Gasteiger partial charge in [0.25, 0.3) is 0 Å². The molecule has 0 radical (unpaired) electrons. The number of nitrogens with one attached hydrogen (secondary N) is 1. The van der Waals surface area contributed by atoms with Crippen LogP contribution >= 0.6 is 0 Å². The van der Waals surface area contributed by atoms with E-state index in [4.69, 9.17) is 0 Å². The van der Waals surface area contributed by atoms with Crippen LogP contribution in [-0.2, 0) is 19.2 Å². The predicted molar refractivity (Wildman–Crippen MR) is 74.3 cm³/mol. The molecule has 0 atom stereocenters. The van der Waals surface area contributed by atoms with E-state index in [1.807, 2.05) is 0 Å². The topological polar surface area (TPSA) is 15.8 Å². The molecule has 0 saturated heterocycles. The van der Waals surface area contributed by atoms with Crippen LogP contribution in [0, 0.1) is 20.8 Å². The minimum absolute atomic E-state index is 0. The zero-order valence-electron chi connectivity index (χ0n) is 12.0. The number of hydrogen-bond acceptors (Lipinski definition) is 0. The third kappa shape index (κ3) is 4.05. The van der Waals surface area contributed by atoms with Crippen LogP contribution in [0.1, 0.15) is 16.8 Å². The van der Waals surface area contributed by atoms with Gasteiger partial charge in [-0.05, 0) is 0 Å². The van der Waals surface area contributed by atoms with Crippen molar-refractivity contribution in [3.63, 3.8) is 0 Å². The Morgan fingerprint density at radius 1 is 1.05 bits per heavy atom. The van der Waals surface area contributed by atoms with Crippen LogP contribution in [0.15, 0.2) is 22.1 Å². The number of aryl methyl sites for hydroxylation is 1. The Balaban J connectivity index is 0.00000162. The van der Waals surface area contributed by atoms with E-state index in [9.17, 15) is 0 Å². The number of rotatable bonds is 2. The van der Waals surface area contributed by atoms with Crippen molar-refractivity contribution in [1.82, 2.24) is 4.98 Å². The Kier molecular flexibility index (Phi) is 7.86. The van der Waals surface area contributed by atoms with Gasteiger partial charge in [0.2, 0.25) is 0 Å². The molecular weight excluding hydrogens is 329 g/mol. The standard InChI is InChI=1S/C7H10N.C7H9Si.2ClH.Ti/c1-5-4-8-7(3)6(5)2;1-8(2)7-5-3-4-6-7;;;/h8H,1-3H3;3-5H,1-2H3;2*1H;/q;;;;+2/p-2. The van der Waals surface area contributed by atoms with Gasteiger partial charge in [-0.25, -0.2) is 0 Å². The first kappa shape index (κ1) is 19.1. The SMILES string of the molecule is Cc1[nH][c]([Ti+2][C]2=CC=CC2=[Si](C)C)c(C)c1C.[Cl-].[Cl-]. The van der Waals surface area contributed by atoms with Crippen LogP contribution in [0.25, 0.3) is 0 Å². The van der Waals surface area contributed by atoms with Gasteiger partial charge in [-0.3, -0.25) is 0 Å². The van der Waals surface area contributed by atoms with Gasteiger partial charge in [-0.1, -0.05) is 0 Å². The third-order valence-electron chi connectivity index (χ3n) is 3.43. The molecule has 0 saturated carbocycles. The average molecular weight is 348 g/mol. The second kappa shape index (κ2) is 7.80. The molecule has 0 spiro atoms. The maximum Gasteiger partial charge on any atom is -1.00 e. The second-order valence-corrected chi connectivity index (χ2v) is 9.40. The van der Waals surface area contributed by atoms with Gasteiger partial charge in [0.15, 0.2) is 0 Å². The van der Waals surface area contributed by atoms with E-state index < -0.39 is 0 Å². The summed E-state index contributed by atoms with van der Waals surface area (Å²) in [5.74, 6) is 0. The van der Waals surface area contributed by atoms with E-state index in [1.54, 1.807) is 9.05 Å². The zero-order valence-corrected chi connectivity index (χ0v) is 16.1. The van der Waals surface area contributed by atoms with Crippen molar-refractivity contribution in [2.24, 2.45) is 0 Å². The van der Waals surface area contributed by atoms with Crippen LogP contribution in [0.5, 0.6) is 0 Å². The van der Waals surface area contributed by atoms with Crippen LogP contribution in [0.2, 0.25) is 13.1 Å².